The molecule has 0 aromatic carbocycles. The number of primary amides is 1. The van der Waals surface area contributed by atoms with Crippen molar-refractivity contribution in [2.24, 2.45) is 5.73 Å². The molecule has 2 N–H and O–H groups in total. The normalized spacial score (nSPS) is 16.1. The molecular weight excluding hydrogens is 206 g/mol. The maximum atomic E-state index is 12.0. The summed E-state index contributed by atoms with van der Waals surface area (Å²) >= 11 is 0. The number of rotatable bonds is 4. The molecule has 0 aliphatic heterocycles. The van der Waals surface area contributed by atoms with Crippen molar-refractivity contribution in [3.05, 3.63) is 0 Å². The molecule has 5 nitrogen and oxygen atoms in total. The van der Waals surface area contributed by atoms with Gasteiger partial charge in [-0.2, -0.15) is 0 Å². The third-order valence-corrected chi connectivity index (χ3v) is 3.14. The lowest BCUT2D eigenvalue weighted by Gasteiger charge is -2.31. The van der Waals surface area contributed by atoms with E-state index in [9.17, 15) is 9.59 Å². The summed E-state index contributed by atoms with van der Waals surface area (Å²) in [6, 6.07) is 0.0993. The fourth-order valence-electron chi connectivity index (χ4n) is 2.09. The topological polar surface area (TPSA) is 66.6 Å². The first-order chi connectivity index (χ1) is 7.56. The Kier molecular flexibility index (Phi) is 4.58. The number of hydrogen-bond acceptors (Lipinski definition) is 2. The first kappa shape index (κ1) is 12.8. The van der Waals surface area contributed by atoms with Crippen molar-refractivity contribution in [1.29, 1.82) is 0 Å². The number of nitrogens with two attached hydrogens (primary N) is 1. The minimum Gasteiger partial charge on any atom is -0.368 e. The highest BCUT2D eigenvalue weighted by atomic mass is 16.2. The lowest BCUT2D eigenvalue weighted by molar-refractivity contribution is -0.119. The number of carbonyl (C=O) groups is 2. The molecule has 92 valence electrons. The third-order valence-electron chi connectivity index (χ3n) is 3.14. The smallest absolute Gasteiger partial charge is 0.320 e. The van der Waals surface area contributed by atoms with Gasteiger partial charge in [0.1, 0.15) is 6.54 Å². The number of amides is 3. The average Bonchev–Trinajstić information content (AvgIpc) is 2.76. The van der Waals surface area contributed by atoms with E-state index < -0.39 is 5.91 Å². The molecule has 1 aliphatic rings. The van der Waals surface area contributed by atoms with Crippen molar-refractivity contribution >= 4 is 11.9 Å². The van der Waals surface area contributed by atoms with E-state index >= 15 is 0 Å². The number of carbonyl (C=O) groups excluding carboxylic acids is 2. The summed E-state index contributed by atoms with van der Waals surface area (Å²) in [6.45, 7) is 2.59. The van der Waals surface area contributed by atoms with Gasteiger partial charge in [0.05, 0.1) is 0 Å². The van der Waals surface area contributed by atoms with Gasteiger partial charge in [-0.25, -0.2) is 4.79 Å². The molecule has 0 unspecified atom stereocenters. The van der Waals surface area contributed by atoms with Crippen LogP contribution in [0.2, 0.25) is 0 Å². The van der Waals surface area contributed by atoms with Crippen LogP contribution in [0.15, 0.2) is 0 Å². The standard InChI is InChI=1S/C11H21N3O2/c1-3-13(2)11(16)14(8-10(12)15)9-6-4-5-7-9/h9H,3-8H2,1-2H3,(H2,12,15). The molecule has 0 bridgehead atoms. The lowest BCUT2D eigenvalue weighted by atomic mass is 10.2. The Morgan fingerprint density at radius 3 is 2.31 bits per heavy atom. The molecule has 16 heavy (non-hydrogen) atoms. The van der Waals surface area contributed by atoms with Crippen molar-refractivity contribution in [2.75, 3.05) is 20.1 Å². The van der Waals surface area contributed by atoms with Gasteiger partial charge < -0.3 is 15.5 Å². The van der Waals surface area contributed by atoms with Crippen LogP contribution < -0.4 is 5.73 Å². The summed E-state index contributed by atoms with van der Waals surface area (Å²) in [5.41, 5.74) is 5.19. The molecule has 1 aliphatic carbocycles. The molecule has 3 amide bonds. The van der Waals surface area contributed by atoms with Crippen LogP contribution in [-0.2, 0) is 4.79 Å². The van der Waals surface area contributed by atoms with Crippen LogP contribution in [0.25, 0.3) is 0 Å². The fourth-order valence-corrected chi connectivity index (χ4v) is 2.09. The molecule has 0 saturated heterocycles. The monoisotopic (exact) mass is 227 g/mol. The Bertz CT molecular complexity index is 262. The highest BCUT2D eigenvalue weighted by Gasteiger charge is 2.29. The molecule has 5 heteroatoms. The predicted octanol–water partition coefficient (Wildman–Crippen LogP) is 0.788. The zero-order chi connectivity index (χ0) is 12.1. The van der Waals surface area contributed by atoms with Crippen LogP contribution in [0.1, 0.15) is 32.6 Å². The van der Waals surface area contributed by atoms with E-state index in [1.54, 1.807) is 16.8 Å². The van der Waals surface area contributed by atoms with Crippen molar-refractivity contribution in [3.8, 4) is 0 Å². The summed E-state index contributed by atoms with van der Waals surface area (Å²) < 4.78 is 0. The second kappa shape index (κ2) is 5.72. The minimum atomic E-state index is -0.440. The van der Waals surface area contributed by atoms with Crippen LogP contribution in [0.4, 0.5) is 4.79 Å². The van der Waals surface area contributed by atoms with Gasteiger partial charge in [0.2, 0.25) is 5.91 Å². The van der Waals surface area contributed by atoms with E-state index in [-0.39, 0.29) is 18.6 Å². The largest absolute Gasteiger partial charge is 0.368 e. The Morgan fingerprint density at radius 1 is 1.31 bits per heavy atom. The van der Waals surface area contributed by atoms with Gasteiger partial charge in [-0.1, -0.05) is 12.8 Å². The summed E-state index contributed by atoms with van der Waals surface area (Å²) in [7, 11) is 1.74. The van der Waals surface area contributed by atoms with Gasteiger partial charge in [0.15, 0.2) is 0 Å². The van der Waals surface area contributed by atoms with Crippen molar-refractivity contribution < 1.29 is 9.59 Å². The molecule has 0 radical (unpaired) electrons. The second-order valence-electron chi connectivity index (χ2n) is 4.33. The first-order valence-corrected chi connectivity index (χ1v) is 5.86. The maximum absolute atomic E-state index is 12.0. The van der Waals surface area contributed by atoms with Crippen molar-refractivity contribution in [3.63, 3.8) is 0 Å². The number of nitrogens with zero attached hydrogens (tertiary/aromatic N) is 2. The molecule has 1 saturated carbocycles. The second-order valence-corrected chi connectivity index (χ2v) is 4.33. The van der Waals surface area contributed by atoms with Crippen LogP contribution >= 0.6 is 0 Å². The quantitative estimate of drug-likeness (QED) is 0.771. The molecule has 0 aromatic rings. The van der Waals surface area contributed by atoms with Crippen LogP contribution in [0.3, 0.4) is 0 Å². The highest BCUT2D eigenvalue weighted by Crippen LogP contribution is 2.24. The van der Waals surface area contributed by atoms with E-state index in [1.165, 1.54) is 0 Å². The Hall–Kier alpha value is -1.26. The zero-order valence-electron chi connectivity index (χ0n) is 10.1. The van der Waals surface area contributed by atoms with Gasteiger partial charge in [0, 0.05) is 19.6 Å². The molecule has 0 spiro atoms. The van der Waals surface area contributed by atoms with Crippen LogP contribution in [0, 0.1) is 0 Å². The summed E-state index contributed by atoms with van der Waals surface area (Å²) in [6.07, 6.45) is 4.22. The first-order valence-electron chi connectivity index (χ1n) is 5.86. The zero-order valence-corrected chi connectivity index (χ0v) is 10.1. The Labute approximate surface area is 96.6 Å². The van der Waals surface area contributed by atoms with E-state index in [0.29, 0.717) is 6.54 Å². The average molecular weight is 227 g/mol. The lowest BCUT2D eigenvalue weighted by Crippen LogP contribution is -2.49. The van der Waals surface area contributed by atoms with E-state index in [0.717, 1.165) is 25.7 Å². The Balaban J connectivity index is 2.69. The van der Waals surface area contributed by atoms with Gasteiger partial charge in [-0.3, -0.25) is 4.79 Å². The Morgan fingerprint density at radius 2 is 1.88 bits per heavy atom. The predicted molar refractivity (Wildman–Crippen MR) is 61.9 cm³/mol. The fraction of sp³-hybridized carbons (Fsp3) is 0.818. The molecule has 1 rings (SSSR count). The van der Waals surface area contributed by atoms with Crippen LogP contribution in [-0.4, -0.2) is 47.9 Å². The van der Waals surface area contributed by atoms with Crippen molar-refractivity contribution in [1.82, 2.24) is 9.80 Å². The molecule has 0 atom stereocenters. The van der Waals surface area contributed by atoms with Gasteiger partial charge >= 0.3 is 6.03 Å². The van der Waals surface area contributed by atoms with E-state index in [2.05, 4.69) is 0 Å². The van der Waals surface area contributed by atoms with Crippen molar-refractivity contribution in [2.45, 2.75) is 38.6 Å². The summed E-state index contributed by atoms with van der Waals surface area (Å²) in [4.78, 5) is 26.3. The SMILES string of the molecule is CCN(C)C(=O)N(CC(N)=O)C1CCCC1. The molecule has 0 heterocycles. The maximum Gasteiger partial charge on any atom is 0.320 e. The van der Waals surface area contributed by atoms with E-state index in [1.807, 2.05) is 6.92 Å². The molecule has 1 fully saturated rings. The summed E-state index contributed by atoms with van der Waals surface area (Å²) in [5, 5.41) is 0. The highest BCUT2D eigenvalue weighted by molar-refractivity contribution is 5.83. The van der Waals surface area contributed by atoms with Gasteiger partial charge in [0.25, 0.3) is 0 Å². The van der Waals surface area contributed by atoms with E-state index in [4.69, 9.17) is 5.73 Å². The third kappa shape index (κ3) is 3.12. The summed E-state index contributed by atoms with van der Waals surface area (Å²) in [5.74, 6) is -0.440. The number of hydrogen-bond donors (Lipinski definition) is 1. The van der Waals surface area contributed by atoms with Gasteiger partial charge in [-0.15, -0.1) is 0 Å². The number of urea groups is 1. The van der Waals surface area contributed by atoms with Gasteiger partial charge in [-0.05, 0) is 19.8 Å². The molecule has 0 aromatic heterocycles. The minimum absolute atomic E-state index is 0.0356. The molecular formula is C11H21N3O2. The van der Waals surface area contributed by atoms with Crippen LogP contribution in [0.5, 0.6) is 0 Å².